The van der Waals surface area contributed by atoms with E-state index in [1.54, 1.807) is 19.1 Å². The number of esters is 1. The van der Waals surface area contributed by atoms with Gasteiger partial charge in [0.05, 0.1) is 11.1 Å². The molecule has 0 radical (unpaired) electrons. The van der Waals surface area contributed by atoms with Crippen LogP contribution in [0.4, 0.5) is 10.6 Å². The highest BCUT2D eigenvalue weighted by atomic mass is 79.9. The maximum atomic E-state index is 12.4. The van der Waals surface area contributed by atoms with E-state index in [0.29, 0.717) is 10.3 Å². The molecule has 0 saturated heterocycles. The Bertz CT molecular complexity index is 694. The summed E-state index contributed by atoms with van der Waals surface area (Å²) in [6.07, 6.45) is 0.856. The zero-order valence-electron chi connectivity index (χ0n) is 13.1. The Labute approximate surface area is 148 Å². The molecular weight excluding hydrogens is 376 g/mol. The molecule has 2 aromatic rings. The molecular formula is C17H17BrN2O4. The second-order valence-electron chi connectivity index (χ2n) is 4.74. The average molecular weight is 393 g/mol. The highest BCUT2D eigenvalue weighted by molar-refractivity contribution is 9.10. The Morgan fingerprint density at radius 1 is 1.12 bits per heavy atom. The van der Waals surface area contributed by atoms with Crippen molar-refractivity contribution in [2.24, 2.45) is 0 Å². The quantitative estimate of drug-likeness (QED) is 0.703. The van der Waals surface area contributed by atoms with E-state index in [9.17, 15) is 9.59 Å². The molecule has 0 aliphatic heterocycles. The third-order valence-electron chi connectivity index (χ3n) is 3.01. The molecule has 1 aromatic carbocycles. The van der Waals surface area contributed by atoms with Crippen LogP contribution in [-0.4, -0.2) is 30.2 Å². The SMILES string of the molecule is CCOC(=O)CN(C(=O)OCc1ccccc1)c1ncccc1Br. The number of nitrogens with zero attached hydrogens (tertiary/aromatic N) is 2. The Hall–Kier alpha value is -2.41. The van der Waals surface area contributed by atoms with Crippen LogP contribution in [-0.2, 0) is 20.9 Å². The number of pyridine rings is 1. The van der Waals surface area contributed by atoms with E-state index in [4.69, 9.17) is 9.47 Å². The first kappa shape index (κ1) is 17.9. The molecule has 1 aromatic heterocycles. The average Bonchev–Trinajstić information content (AvgIpc) is 2.59. The van der Waals surface area contributed by atoms with Crippen molar-refractivity contribution in [3.05, 3.63) is 58.7 Å². The predicted molar refractivity (Wildman–Crippen MR) is 92.5 cm³/mol. The van der Waals surface area contributed by atoms with Crippen LogP contribution in [0.25, 0.3) is 0 Å². The number of carbonyl (C=O) groups excluding carboxylic acids is 2. The predicted octanol–water partition coefficient (Wildman–Crippen LogP) is 3.55. The van der Waals surface area contributed by atoms with Crippen molar-refractivity contribution in [1.82, 2.24) is 4.98 Å². The Kier molecular flexibility index (Phi) is 6.74. The minimum atomic E-state index is -0.675. The summed E-state index contributed by atoms with van der Waals surface area (Å²) in [5, 5.41) is 0. The van der Waals surface area contributed by atoms with Crippen molar-refractivity contribution in [2.75, 3.05) is 18.1 Å². The Morgan fingerprint density at radius 3 is 2.54 bits per heavy atom. The lowest BCUT2D eigenvalue weighted by Crippen LogP contribution is -2.37. The summed E-state index contributed by atoms with van der Waals surface area (Å²) in [7, 11) is 0. The first-order valence-electron chi connectivity index (χ1n) is 7.36. The molecule has 0 bridgehead atoms. The van der Waals surface area contributed by atoms with E-state index in [0.717, 1.165) is 10.5 Å². The molecule has 0 aliphatic rings. The summed E-state index contributed by atoms with van der Waals surface area (Å²) >= 11 is 3.33. The summed E-state index contributed by atoms with van der Waals surface area (Å²) in [4.78, 5) is 29.5. The van der Waals surface area contributed by atoms with Gasteiger partial charge in [-0.1, -0.05) is 30.3 Å². The fourth-order valence-electron chi connectivity index (χ4n) is 1.93. The number of hydrogen-bond acceptors (Lipinski definition) is 5. The number of carbonyl (C=O) groups is 2. The molecule has 6 nitrogen and oxygen atoms in total. The van der Waals surface area contributed by atoms with Crippen LogP contribution in [0.2, 0.25) is 0 Å². The molecule has 1 heterocycles. The van der Waals surface area contributed by atoms with Crippen LogP contribution >= 0.6 is 15.9 Å². The van der Waals surface area contributed by atoms with Crippen LogP contribution < -0.4 is 4.90 Å². The number of benzene rings is 1. The van der Waals surface area contributed by atoms with Crippen molar-refractivity contribution < 1.29 is 19.1 Å². The third-order valence-corrected chi connectivity index (χ3v) is 3.63. The molecule has 24 heavy (non-hydrogen) atoms. The van der Waals surface area contributed by atoms with Gasteiger partial charge in [-0.15, -0.1) is 0 Å². The Morgan fingerprint density at radius 2 is 1.88 bits per heavy atom. The second kappa shape index (κ2) is 9.02. The lowest BCUT2D eigenvalue weighted by atomic mass is 10.2. The number of aromatic nitrogens is 1. The maximum absolute atomic E-state index is 12.4. The molecule has 0 spiro atoms. The van der Waals surface area contributed by atoms with Gasteiger partial charge in [-0.3, -0.25) is 4.79 Å². The van der Waals surface area contributed by atoms with Gasteiger partial charge in [0, 0.05) is 6.20 Å². The van der Waals surface area contributed by atoms with E-state index in [-0.39, 0.29) is 19.8 Å². The van der Waals surface area contributed by atoms with Gasteiger partial charge in [-0.25, -0.2) is 14.7 Å². The lowest BCUT2D eigenvalue weighted by Gasteiger charge is -2.21. The molecule has 1 amide bonds. The van der Waals surface area contributed by atoms with E-state index in [2.05, 4.69) is 20.9 Å². The molecule has 2 rings (SSSR count). The van der Waals surface area contributed by atoms with Crippen LogP contribution in [0.5, 0.6) is 0 Å². The van der Waals surface area contributed by atoms with E-state index >= 15 is 0 Å². The summed E-state index contributed by atoms with van der Waals surface area (Å²) in [6.45, 7) is 1.75. The van der Waals surface area contributed by atoms with Gasteiger partial charge < -0.3 is 9.47 Å². The topological polar surface area (TPSA) is 68.7 Å². The van der Waals surface area contributed by atoms with E-state index < -0.39 is 12.1 Å². The molecule has 0 N–H and O–H groups in total. The highest BCUT2D eigenvalue weighted by Gasteiger charge is 2.24. The normalized spacial score (nSPS) is 10.1. The molecule has 0 saturated carbocycles. The van der Waals surface area contributed by atoms with Crippen molar-refractivity contribution in [2.45, 2.75) is 13.5 Å². The van der Waals surface area contributed by atoms with Gasteiger partial charge in [-0.2, -0.15) is 0 Å². The van der Waals surface area contributed by atoms with E-state index in [1.807, 2.05) is 30.3 Å². The van der Waals surface area contributed by atoms with Crippen molar-refractivity contribution in [3.8, 4) is 0 Å². The van der Waals surface area contributed by atoms with Crippen LogP contribution in [0.15, 0.2) is 53.1 Å². The molecule has 126 valence electrons. The summed E-state index contributed by atoms with van der Waals surface area (Å²) in [6, 6.07) is 12.7. The number of amides is 1. The largest absolute Gasteiger partial charge is 0.465 e. The lowest BCUT2D eigenvalue weighted by molar-refractivity contribution is -0.141. The van der Waals surface area contributed by atoms with Gasteiger partial charge in [0.15, 0.2) is 5.82 Å². The fraction of sp³-hybridized carbons (Fsp3) is 0.235. The molecule has 7 heteroatoms. The molecule has 0 atom stereocenters. The molecule has 0 aliphatic carbocycles. The third kappa shape index (κ3) is 5.06. The Balaban J connectivity index is 2.13. The zero-order chi connectivity index (χ0) is 17.4. The van der Waals surface area contributed by atoms with Gasteiger partial charge in [0.25, 0.3) is 0 Å². The first-order valence-corrected chi connectivity index (χ1v) is 8.15. The number of ether oxygens (including phenoxy) is 2. The molecule has 0 fully saturated rings. The van der Waals surface area contributed by atoms with Crippen LogP contribution in [0.1, 0.15) is 12.5 Å². The van der Waals surface area contributed by atoms with Crippen molar-refractivity contribution >= 4 is 33.8 Å². The minimum absolute atomic E-state index is 0.101. The standard InChI is InChI=1S/C17H17BrN2O4/c1-2-23-15(21)11-20(16-14(18)9-6-10-19-16)17(22)24-12-13-7-4-3-5-8-13/h3-10H,2,11-12H2,1H3. The van der Waals surface area contributed by atoms with Crippen molar-refractivity contribution in [3.63, 3.8) is 0 Å². The summed E-state index contributed by atoms with van der Waals surface area (Å²) in [5.41, 5.74) is 0.849. The minimum Gasteiger partial charge on any atom is -0.465 e. The van der Waals surface area contributed by atoms with Gasteiger partial charge in [-0.05, 0) is 40.5 Å². The van der Waals surface area contributed by atoms with Crippen molar-refractivity contribution in [1.29, 1.82) is 0 Å². The smallest absolute Gasteiger partial charge is 0.416 e. The number of halogens is 1. The number of anilines is 1. The monoisotopic (exact) mass is 392 g/mol. The van der Waals surface area contributed by atoms with Gasteiger partial charge >= 0.3 is 12.1 Å². The van der Waals surface area contributed by atoms with Gasteiger partial charge in [0.1, 0.15) is 13.2 Å². The first-order chi connectivity index (χ1) is 11.6. The zero-order valence-corrected chi connectivity index (χ0v) is 14.7. The summed E-state index contributed by atoms with van der Waals surface area (Å²) in [5.74, 6) is -0.240. The number of rotatable bonds is 6. The van der Waals surface area contributed by atoms with E-state index in [1.165, 1.54) is 6.20 Å². The molecule has 0 unspecified atom stereocenters. The number of hydrogen-bond donors (Lipinski definition) is 0. The van der Waals surface area contributed by atoms with Crippen LogP contribution in [0, 0.1) is 0 Å². The highest BCUT2D eigenvalue weighted by Crippen LogP contribution is 2.23. The maximum Gasteiger partial charge on any atom is 0.416 e. The van der Waals surface area contributed by atoms with Crippen LogP contribution in [0.3, 0.4) is 0 Å². The second-order valence-corrected chi connectivity index (χ2v) is 5.59. The summed E-state index contributed by atoms with van der Waals surface area (Å²) < 4.78 is 10.8. The fourth-order valence-corrected chi connectivity index (χ4v) is 2.40. The van der Waals surface area contributed by atoms with Gasteiger partial charge in [0.2, 0.25) is 0 Å².